The lowest BCUT2D eigenvalue weighted by molar-refractivity contribution is -0.140. The highest BCUT2D eigenvalue weighted by Crippen LogP contribution is 2.30. The van der Waals surface area contributed by atoms with Gasteiger partial charge >= 0.3 is 6.18 Å². The maximum atomic E-state index is 12.6. The topological polar surface area (TPSA) is 49.3 Å². The van der Waals surface area contributed by atoms with Crippen LogP contribution in [-0.2, 0) is 18.1 Å². The Morgan fingerprint density at radius 1 is 1.15 bits per heavy atom. The van der Waals surface area contributed by atoms with E-state index in [2.05, 4.69) is 46.6 Å². The monoisotopic (exact) mass is 384 g/mol. The first-order valence-corrected chi connectivity index (χ1v) is 9.19. The Morgan fingerprint density at radius 3 is 2.42 bits per heavy atom. The molecule has 0 amide bonds. The number of nitrogens with one attached hydrogen (secondary N) is 2. The first kappa shape index (κ1) is 20.2. The van der Waals surface area contributed by atoms with E-state index in [4.69, 9.17) is 0 Å². The molecular formula is C18H23F3N4S. The molecule has 1 aromatic carbocycles. The van der Waals surface area contributed by atoms with Gasteiger partial charge in [-0.2, -0.15) is 13.2 Å². The highest BCUT2D eigenvalue weighted by molar-refractivity contribution is 7.09. The molecule has 0 radical (unpaired) electrons. The van der Waals surface area contributed by atoms with Crippen LogP contribution in [0.2, 0.25) is 0 Å². The van der Waals surface area contributed by atoms with Crippen LogP contribution in [0, 0.1) is 0 Å². The van der Waals surface area contributed by atoms with Gasteiger partial charge in [-0.25, -0.2) is 9.98 Å². The van der Waals surface area contributed by atoms with Crippen LogP contribution >= 0.6 is 11.3 Å². The smallest absolute Gasteiger partial charge is 0.357 e. The summed E-state index contributed by atoms with van der Waals surface area (Å²) in [6, 6.07) is 10.1. The normalized spacial score (nSPS) is 12.9. The molecule has 2 N–H and O–H groups in total. The fourth-order valence-electron chi connectivity index (χ4n) is 2.30. The van der Waals surface area contributed by atoms with Gasteiger partial charge < -0.3 is 10.6 Å². The molecule has 0 aliphatic carbocycles. The maximum absolute atomic E-state index is 12.6. The van der Waals surface area contributed by atoms with Crippen LogP contribution in [0.1, 0.15) is 37.0 Å². The van der Waals surface area contributed by atoms with Crippen molar-refractivity contribution >= 4 is 17.3 Å². The lowest BCUT2D eigenvalue weighted by Crippen LogP contribution is -2.43. The van der Waals surface area contributed by atoms with E-state index in [1.54, 1.807) is 0 Å². The van der Waals surface area contributed by atoms with Crippen molar-refractivity contribution < 1.29 is 13.2 Å². The minimum Gasteiger partial charge on any atom is -0.357 e. The van der Waals surface area contributed by atoms with Gasteiger partial charge in [0.05, 0.1) is 6.54 Å². The zero-order valence-corrected chi connectivity index (χ0v) is 15.8. The average Bonchev–Trinajstić information content (AvgIpc) is 3.07. The Hall–Kier alpha value is -2.09. The Kier molecular flexibility index (Phi) is 6.63. The SMILES string of the molecule is CCNC(=NCc1nc(C(F)(F)F)cs1)NCC(C)(C)c1ccccc1. The second-order valence-electron chi connectivity index (χ2n) is 6.42. The van der Waals surface area contributed by atoms with Gasteiger partial charge in [-0.15, -0.1) is 11.3 Å². The summed E-state index contributed by atoms with van der Waals surface area (Å²) in [5, 5.41) is 7.72. The van der Waals surface area contributed by atoms with Crippen molar-refractivity contribution in [2.75, 3.05) is 13.1 Å². The van der Waals surface area contributed by atoms with Gasteiger partial charge in [0, 0.05) is 23.9 Å². The third-order valence-corrected chi connectivity index (χ3v) is 4.65. The number of benzene rings is 1. The third kappa shape index (κ3) is 5.72. The van der Waals surface area contributed by atoms with Crippen molar-refractivity contribution in [3.8, 4) is 0 Å². The van der Waals surface area contributed by atoms with Crippen molar-refractivity contribution in [2.45, 2.75) is 38.9 Å². The minimum absolute atomic E-state index is 0.0991. The molecule has 2 rings (SSSR count). The second kappa shape index (κ2) is 8.53. The van der Waals surface area contributed by atoms with Gasteiger partial charge in [0.1, 0.15) is 5.01 Å². The van der Waals surface area contributed by atoms with Gasteiger partial charge in [-0.3, -0.25) is 0 Å². The van der Waals surface area contributed by atoms with Crippen molar-refractivity contribution in [3.63, 3.8) is 0 Å². The van der Waals surface area contributed by atoms with Crippen LogP contribution in [0.5, 0.6) is 0 Å². The van der Waals surface area contributed by atoms with E-state index in [9.17, 15) is 13.2 Å². The van der Waals surface area contributed by atoms with Crippen molar-refractivity contribution in [1.29, 1.82) is 0 Å². The molecule has 1 heterocycles. The van der Waals surface area contributed by atoms with E-state index in [0.29, 0.717) is 24.1 Å². The molecule has 8 heteroatoms. The molecule has 142 valence electrons. The standard InChI is InChI=1S/C18H23F3N4S/c1-4-22-16(23-10-15-25-14(11-26-15)18(19,20)21)24-12-17(2,3)13-8-6-5-7-9-13/h5-9,11H,4,10,12H2,1-3H3,(H2,22,23,24). The van der Waals surface area contributed by atoms with E-state index >= 15 is 0 Å². The van der Waals surface area contributed by atoms with E-state index < -0.39 is 11.9 Å². The molecule has 2 aromatic rings. The predicted molar refractivity (Wildman–Crippen MR) is 99.4 cm³/mol. The number of thiazole rings is 1. The summed E-state index contributed by atoms with van der Waals surface area (Å²) in [5.74, 6) is 0.556. The van der Waals surface area contributed by atoms with Gasteiger partial charge in [-0.05, 0) is 12.5 Å². The lowest BCUT2D eigenvalue weighted by atomic mass is 9.85. The molecule has 0 atom stereocenters. The van der Waals surface area contributed by atoms with E-state index in [-0.39, 0.29) is 12.0 Å². The Morgan fingerprint density at radius 2 is 1.85 bits per heavy atom. The van der Waals surface area contributed by atoms with Gasteiger partial charge in [0.15, 0.2) is 11.7 Å². The van der Waals surface area contributed by atoms with Gasteiger partial charge in [-0.1, -0.05) is 44.2 Å². The number of hydrogen-bond acceptors (Lipinski definition) is 3. The number of hydrogen-bond donors (Lipinski definition) is 2. The number of alkyl halides is 3. The van der Waals surface area contributed by atoms with E-state index in [1.807, 2.05) is 25.1 Å². The molecule has 0 bridgehead atoms. The number of aliphatic imine (C=N–C) groups is 1. The van der Waals surface area contributed by atoms with E-state index in [1.165, 1.54) is 5.56 Å². The summed E-state index contributed by atoms with van der Waals surface area (Å²) in [5.41, 5.74) is 0.205. The third-order valence-electron chi connectivity index (χ3n) is 3.81. The zero-order chi connectivity index (χ0) is 19.2. The average molecular weight is 384 g/mol. The molecular weight excluding hydrogens is 361 g/mol. The summed E-state index contributed by atoms with van der Waals surface area (Å²) in [4.78, 5) is 7.95. The number of aromatic nitrogens is 1. The molecule has 0 spiro atoms. The Balaban J connectivity index is 2.01. The second-order valence-corrected chi connectivity index (χ2v) is 7.37. The number of nitrogens with zero attached hydrogens (tertiary/aromatic N) is 2. The fraction of sp³-hybridized carbons (Fsp3) is 0.444. The summed E-state index contributed by atoms with van der Waals surface area (Å²) in [7, 11) is 0. The highest BCUT2D eigenvalue weighted by atomic mass is 32.1. The highest BCUT2D eigenvalue weighted by Gasteiger charge is 2.33. The molecule has 0 saturated heterocycles. The van der Waals surface area contributed by atoms with Crippen molar-refractivity contribution in [3.05, 3.63) is 52.0 Å². The summed E-state index contributed by atoms with van der Waals surface area (Å²) < 4.78 is 37.9. The molecule has 4 nitrogen and oxygen atoms in total. The zero-order valence-electron chi connectivity index (χ0n) is 15.0. The molecule has 1 aromatic heterocycles. The van der Waals surface area contributed by atoms with Crippen LogP contribution in [0.4, 0.5) is 13.2 Å². The number of halogens is 3. The van der Waals surface area contributed by atoms with Crippen molar-refractivity contribution in [1.82, 2.24) is 15.6 Å². The fourth-order valence-corrected chi connectivity index (χ4v) is 3.02. The van der Waals surface area contributed by atoms with Crippen molar-refractivity contribution in [2.24, 2.45) is 4.99 Å². The van der Waals surface area contributed by atoms with Crippen LogP contribution in [0.25, 0.3) is 0 Å². The predicted octanol–water partition coefficient (Wildman–Crippen LogP) is 4.19. The minimum atomic E-state index is -4.42. The molecule has 26 heavy (non-hydrogen) atoms. The van der Waals surface area contributed by atoms with Crippen LogP contribution in [0.15, 0.2) is 40.7 Å². The quantitative estimate of drug-likeness (QED) is 0.580. The maximum Gasteiger partial charge on any atom is 0.434 e. The van der Waals surface area contributed by atoms with Crippen LogP contribution in [0.3, 0.4) is 0 Å². The van der Waals surface area contributed by atoms with Crippen LogP contribution in [-0.4, -0.2) is 24.0 Å². The van der Waals surface area contributed by atoms with Gasteiger partial charge in [0.25, 0.3) is 0 Å². The molecule has 0 aliphatic heterocycles. The van der Waals surface area contributed by atoms with Gasteiger partial charge in [0.2, 0.25) is 0 Å². The summed E-state index contributed by atoms with van der Waals surface area (Å²) in [6.07, 6.45) is -4.42. The lowest BCUT2D eigenvalue weighted by Gasteiger charge is -2.26. The summed E-state index contributed by atoms with van der Waals surface area (Å²) >= 11 is 0.963. The van der Waals surface area contributed by atoms with Crippen LogP contribution < -0.4 is 10.6 Å². The molecule has 0 unspecified atom stereocenters. The molecule has 0 saturated carbocycles. The Bertz CT molecular complexity index is 724. The first-order chi connectivity index (χ1) is 12.2. The Labute approximate surface area is 155 Å². The first-order valence-electron chi connectivity index (χ1n) is 8.31. The summed E-state index contributed by atoms with van der Waals surface area (Å²) in [6.45, 7) is 7.56. The van der Waals surface area contributed by atoms with E-state index in [0.717, 1.165) is 16.7 Å². The molecule has 0 fully saturated rings. The number of guanidine groups is 1. The molecule has 0 aliphatic rings. The largest absolute Gasteiger partial charge is 0.434 e. The number of rotatable bonds is 6.